The SMILES string of the molecule is CC1c2ccsc2CCN1CCNCc1cccnc1. The molecule has 106 valence electrons. The maximum atomic E-state index is 4.14. The number of aromatic nitrogens is 1. The van der Waals surface area contributed by atoms with Crippen LogP contribution >= 0.6 is 11.3 Å². The lowest BCUT2D eigenvalue weighted by atomic mass is 10.0. The Kier molecular flexibility index (Phi) is 4.45. The fourth-order valence-electron chi connectivity index (χ4n) is 2.82. The largest absolute Gasteiger partial charge is 0.311 e. The van der Waals surface area contributed by atoms with E-state index in [0.717, 1.165) is 19.6 Å². The third kappa shape index (κ3) is 3.08. The zero-order valence-electron chi connectivity index (χ0n) is 11.9. The lowest BCUT2D eigenvalue weighted by molar-refractivity contribution is 0.201. The zero-order chi connectivity index (χ0) is 13.8. The monoisotopic (exact) mass is 287 g/mol. The highest BCUT2D eigenvalue weighted by atomic mass is 32.1. The quantitative estimate of drug-likeness (QED) is 0.857. The fraction of sp³-hybridized carbons (Fsp3) is 0.438. The van der Waals surface area contributed by atoms with Crippen LogP contribution in [0.2, 0.25) is 0 Å². The first-order valence-electron chi connectivity index (χ1n) is 7.24. The molecular weight excluding hydrogens is 266 g/mol. The number of pyridine rings is 1. The third-order valence-corrected chi connectivity index (χ3v) is 5.03. The second-order valence-corrected chi connectivity index (χ2v) is 6.30. The smallest absolute Gasteiger partial charge is 0.0331 e. The van der Waals surface area contributed by atoms with Crippen molar-refractivity contribution in [3.63, 3.8) is 0 Å². The molecule has 0 aromatic carbocycles. The minimum absolute atomic E-state index is 0.560. The Morgan fingerprint density at radius 3 is 3.25 bits per heavy atom. The molecule has 1 aliphatic rings. The molecule has 0 aliphatic carbocycles. The standard InChI is InChI=1S/C16H21N3S/c1-13-15-5-10-20-16(15)4-8-19(13)9-7-18-12-14-3-2-6-17-11-14/h2-3,5-6,10-11,13,18H,4,7-9,12H2,1H3. The molecule has 3 nitrogen and oxygen atoms in total. The highest BCUT2D eigenvalue weighted by molar-refractivity contribution is 7.10. The molecular formula is C16H21N3S. The normalized spacial score (nSPS) is 18.9. The predicted molar refractivity (Wildman–Crippen MR) is 84.0 cm³/mol. The van der Waals surface area contributed by atoms with E-state index in [9.17, 15) is 0 Å². The van der Waals surface area contributed by atoms with E-state index in [-0.39, 0.29) is 0 Å². The van der Waals surface area contributed by atoms with E-state index < -0.39 is 0 Å². The van der Waals surface area contributed by atoms with Crippen LogP contribution in [0, 0.1) is 0 Å². The van der Waals surface area contributed by atoms with Crippen LogP contribution in [-0.2, 0) is 13.0 Å². The maximum Gasteiger partial charge on any atom is 0.0331 e. The Morgan fingerprint density at radius 1 is 1.45 bits per heavy atom. The number of nitrogens with one attached hydrogen (secondary N) is 1. The molecule has 0 spiro atoms. The van der Waals surface area contributed by atoms with Crippen molar-refractivity contribution in [2.24, 2.45) is 0 Å². The molecule has 4 heteroatoms. The zero-order valence-corrected chi connectivity index (χ0v) is 12.7. The molecule has 1 N–H and O–H groups in total. The Hall–Kier alpha value is -1.23. The lowest BCUT2D eigenvalue weighted by Crippen LogP contribution is -2.38. The molecule has 2 aromatic rings. The number of hydrogen-bond donors (Lipinski definition) is 1. The van der Waals surface area contributed by atoms with Crippen molar-refractivity contribution in [2.45, 2.75) is 25.9 Å². The number of hydrogen-bond acceptors (Lipinski definition) is 4. The minimum Gasteiger partial charge on any atom is -0.311 e. The summed E-state index contributed by atoms with van der Waals surface area (Å²) >= 11 is 1.91. The highest BCUT2D eigenvalue weighted by Crippen LogP contribution is 2.32. The van der Waals surface area contributed by atoms with Crippen LogP contribution in [-0.4, -0.2) is 29.5 Å². The van der Waals surface area contributed by atoms with E-state index in [2.05, 4.69) is 39.6 Å². The predicted octanol–water partition coefficient (Wildman–Crippen LogP) is 2.85. The van der Waals surface area contributed by atoms with Gasteiger partial charge in [-0.2, -0.15) is 0 Å². The average molecular weight is 287 g/mol. The van der Waals surface area contributed by atoms with Gasteiger partial charge in [-0.3, -0.25) is 9.88 Å². The van der Waals surface area contributed by atoms with Crippen LogP contribution < -0.4 is 5.32 Å². The first-order chi connectivity index (χ1) is 9.84. The van der Waals surface area contributed by atoms with Gasteiger partial charge in [-0.05, 0) is 42.0 Å². The first-order valence-corrected chi connectivity index (χ1v) is 8.12. The molecule has 3 rings (SSSR count). The Bertz CT molecular complexity index is 538. The van der Waals surface area contributed by atoms with E-state index in [1.807, 2.05) is 29.8 Å². The van der Waals surface area contributed by atoms with Crippen LogP contribution in [0.25, 0.3) is 0 Å². The van der Waals surface area contributed by atoms with Crippen molar-refractivity contribution in [1.29, 1.82) is 0 Å². The summed E-state index contributed by atoms with van der Waals surface area (Å²) < 4.78 is 0. The van der Waals surface area contributed by atoms with Crippen LogP contribution in [0.1, 0.15) is 29.0 Å². The molecule has 0 saturated heterocycles. The summed E-state index contributed by atoms with van der Waals surface area (Å²) in [6.45, 7) is 6.55. The Morgan fingerprint density at radius 2 is 2.40 bits per heavy atom. The molecule has 1 aliphatic heterocycles. The van der Waals surface area contributed by atoms with Gasteiger partial charge in [-0.1, -0.05) is 6.07 Å². The second kappa shape index (κ2) is 6.48. The number of thiophene rings is 1. The van der Waals surface area contributed by atoms with Crippen molar-refractivity contribution < 1.29 is 0 Å². The van der Waals surface area contributed by atoms with Gasteiger partial charge in [0.15, 0.2) is 0 Å². The molecule has 2 aromatic heterocycles. The van der Waals surface area contributed by atoms with Gasteiger partial charge >= 0.3 is 0 Å². The second-order valence-electron chi connectivity index (χ2n) is 5.30. The molecule has 0 bridgehead atoms. The summed E-state index contributed by atoms with van der Waals surface area (Å²) in [5, 5.41) is 5.74. The summed E-state index contributed by atoms with van der Waals surface area (Å²) in [5.74, 6) is 0. The molecule has 0 amide bonds. The number of fused-ring (bicyclic) bond motifs is 1. The molecule has 0 fully saturated rings. The minimum atomic E-state index is 0.560. The van der Waals surface area contributed by atoms with Crippen molar-refractivity contribution >= 4 is 11.3 Å². The molecule has 1 atom stereocenters. The first kappa shape index (κ1) is 13.7. The van der Waals surface area contributed by atoms with Gasteiger partial charge in [0.1, 0.15) is 0 Å². The van der Waals surface area contributed by atoms with Crippen molar-refractivity contribution in [2.75, 3.05) is 19.6 Å². The summed E-state index contributed by atoms with van der Waals surface area (Å²) in [4.78, 5) is 8.29. The van der Waals surface area contributed by atoms with Gasteiger partial charge in [0.05, 0.1) is 0 Å². The summed E-state index contributed by atoms with van der Waals surface area (Å²) in [6, 6.07) is 6.95. The van der Waals surface area contributed by atoms with E-state index in [0.29, 0.717) is 6.04 Å². The molecule has 0 radical (unpaired) electrons. The Labute approximate surface area is 124 Å². The molecule has 0 saturated carbocycles. The summed E-state index contributed by atoms with van der Waals surface area (Å²) in [7, 11) is 0. The van der Waals surface area contributed by atoms with E-state index in [1.165, 1.54) is 24.1 Å². The van der Waals surface area contributed by atoms with E-state index in [1.54, 1.807) is 4.88 Å². The molecule has 1 unspecified atom stereocenters. The van der Waals surface area contributed by atoms with Crippen molar-refractivity contribution in [3.05, 3.63) is 52.0 Å². The third-order valence-electron chi connectivity index (χ3n) is 4.03. The van der Waals surface area contributed by atoms with E-state index >= 15 is 0 Å². The number of rotatable bonds is 5. The van der Waals surface area contributed by atoms with Crippen molar-refractivity contribution in [3.8, 4) is 0 Å². The van der Waals surface area contributed by atoms with Crippen LogP contribution in [0.3, 0.4) is 0 Å². The Balaban J connectivity index is 1.46. The summed E-state index contributed by atoms with van der Waals surface area (Å²) in [5.41, 5.74) is 2.79. The van der Waals surface area contributed by atoms with Crippen molar-refractivity contribution in [1.82, 2.24) is 15.2 Å². The lowest BCUT2D eigenvalue weighted by Gasteiger charge is -2.33. The van der Waals surface area contributed by atoms with Gasteiger partial charge in [-0.15, -0.1) is 11.3 Å². The molecule has 3 heterocycles. The van der Waals surface area contributed by atoms with Crippen LogP contribution in [0.4, 0.5) is 0 Å². The van der Waals surface area contributed by atoms with Gasteiger partial charge in [0, 0.05) is 49.5 Å². The average Bonchev–Trinajstić information content (AvgIpc) is 2.96. The summed E-state index contributed by atoms with van der Waals surface area (Å²) in [6.07, 6.45) is 4.95. The van der Waals surface area contributed by atoms with Crippen LogP contribution in [0.15, 0.2) is 36.0 Å². The van der Waals surface area contributed by atoms with Gasteiger partial charge in [0.25, 0.3) is 0 Å². The van der Waals surface area contributed by atoms with Crippen LogP contribution in [0.5, 0.6) is 0 Å². The van der Waals surface area contributed by atoms with E-state index in [4.69, 9.17) is 0 Å². The highest BCUT2D eigenvalue weighted by Gasteiger charge is 2.23. The molecule has 20 heavy (non-hydrogen) atoms. The van der Waals surface area contributed by atoms with Gasteiger partial charge in [-0.25, -0.2) is 0 Å². The fourth-order valence-corrected chi connectivity index (χ4v) is 3.79. The van der Waals surface area contributed by atoms with Gasteiger partial charge in [0.2, 0.25) is 0 Å². The number of nitrogens with zero attached hydrogens (tertiary/aromatic N) is 2. The van der Waals surface area contributed by atoms with Gasteiger partial charge < -0.3 is 5.32 Å². The topological polar surface area (TPSA) is 28.2 Å². The maximum absolute atomic E-state index is 4.14.